The van der Waals surface area contributed by atoms with E-state index in [-0.39, 0.29) is 5.70 Å². The van der Waals surface area contributed by atoms with Gasteiger partial charge in [0, 0.05) is 60.5 Å². The van der Waals surface area contributed by atoms with Crippen molar-refractivity contribution in [2.24, 2.45) is 0 Å². The van der Waals surface area contributed by atoms with Crippen molar-refractivity contribution >= 4 is 45.5 Å². The second-order valence-corrected chi connectivity index (χ2v) is 16.5. The van der Waals surface area contributed by atoms with Crippen LogP contribution in [0.5, 0.6) is 0 Å². The molecule has 0 amide bonds. The van der Waals surface area contributed by atoms with E-state index in [1.807, 2.05) is 30.3 Å². The van der Waals surface area contributed by atoms with Gasteiger partial charge in [0.25, 0.3) is 5.70 Å². The Bertz CT molecular complexity index is 2320. The number of anilines is 2. The summed E-state index contributed by atoms with van der Waals surface area (Å²) in [6.45, 7) is 20.3. The molecule has 1 aliphatic heterocycles. The first-order chi connectivity index (χ1) is 30.8. The van der Waals surface area contributed by atoms with Crippen LogP contribution >= 0.6 is 0 Å². The molecule has 0 saturated carbocycles. The van der Waals surface area contributed by atoms with E-state index in [4.69, 9.17) is 20.1 Å². The monoisotopic (exact) mass is 851 g/mol. The smallest absolute Gasteiger partial charge is 0.343 e. The Morgan fingerprint density at radius 1 is 0.587 bits per heavy atom. The largest absolute Gasteiger partial charge is 0.457 e. The van der Waals surface area contributed by atoms with E-state index in [2.05, 4.69) is 54.5 Å². The molecule has 0 spiro atoms. The third kappa shape index (κ3) is 14.5. The van der Waals surface area contributed by atoms with Crippen LogP contribution in [0.1, 0.15) is 142 Å². The first kappa shape index (κ1) is 48.0. The molecule has 332 valence electrons. The molecule has 0 aliphatic carbocycles. The second kappa shape index (κ2) is 25.8. The van der Waals surface area contributed by atoms with Crippen LogP contribution in [0.4, 0.5) is 11.4 Å². The number of fused-ring (bicyclic) bond motifs is 2. The van der Waals surface area contributed by atoms with E-state index in [0.717, 1.165) is 86.9 Å². The Labute approximate surface area is 374 Å². The molecule has 0 atom stereocenters. The standard InChI is InChI=1S/C54H66N4O5/c1-6-10-14-16-18-20-32-57(30-12-8-3)46-26-22-41-34-43(53(59)62-51(41)38-46)24-28-48-36-45(50(40-55)56-5)37-49(61-48)29-25-44-35-42-23-27-47(39-52(42)63-54(44)60)58(31-13-9-4)33-21-19-17-15-11-7-2/h22-29,34-39H,6-21,30-33H2,1-4H3/b28-24+,29-25+. The molecule has 2 aromatic carbocycles. The van der Waals surface area contributed by atoms with Crippen molar-refractivity contribution in [2.75, 3.05) is 36.0 Å². The van der Waals surface area contributed by atoms with Gasteiger partial charge in [0.2, 0.25) is 0 Å². The van der Waals surface area contributed by atoms with Crippen LogP contribution in [-0.2, 0) is 4.74 Å². The number of ether oxygens (including phenoxy) is 1. The lowest BCUT2D eigenvalue weighted by molar-refractivity contribution is 0.332. The van der Waals surface area contributed by atoms with Crippen molar-refractivity contribution in [2.45, 2.75) is 130 Å². The van der Waals surface area contributed by atoms with E-state index >= 15 is 0 Å². The molecule has 0 N–H and O–H groups in total. The van der Waals surface area contributed by atoms with Crippen LogP contribution in [0.15, 0.2) is 114 Å². The number of allylic oxidation sites excluding steroid dienone is 6. The summed E-state index contributed by atoms with van der Waals surface area (Å²) in [7, 11) is 0. The van der Waals surface area contributed by atoms with Gasteiger partial charge in [-0.3, -0.25) is 0 Å². The summed E-state index contributed by atoms with van der Waals surface area (Å²) in [6.07, 6.45) is 28.8. The molecule has 9 nitrogen and oxygen atoms in total. The lowest BCUT2D eigenvalue weighted by Gasteiger charge is -2.25. The summed E-state index contributed by atoms with van der Waals surface area (Å²) in [5, 5.41) is 11.3. The Morgan fingerprint density at radius 2 is 1.00 bits per heavy atom. The minimum absolute atomic E-state index is 0.119. The first-order valence-electron chi connectivity index (χ1n) is 23.5. The van der Waals surface area contributed by atoms with Gasteiger partial charge in [-0.05, 0) is 104 Å². The number of unbranched alkanes of at least 4 members (excludes halogenated alkanes) is 12. The Hall–Kier alpha value is -6.06. The van der Waals surface area contributed by atoms with E-state index < -0.39 is 11.3 Å². The fourth-order valence-corrected chi connectivity index (χ4v) is 7.80. The zero-order chi connectivity index (χ0) is 44.8. The molecule has 4 aromatic rings. The summed E-state index contributed by atoms with van der Waals surface area (Å²) in [4.78, 5) is 34.8. The molecule has 3 heterocycles. The Balaban J connectivity index is 1.32. The zero-order valence-corrected chi connectivity index (χ0v) is 38.1. The maximum absolute atomic E-state index is 13.3. The van der Waals surface area contributed by atoms with Gasteiger partial charge >= 0.3 is 11.3 Å². The average Bonchev–Trinajstić information content (AvgIpc) is 3.29. The van der Waals surface area contributed by atoms with Crippen LogP contribution in [0.25, 0.3) is 38.9 Å². The molecule has 1 aliphatic rings. The van der Waals surface area contributed by atoms with Crippen molar-refractivity contribution in [3.63, 3.8) is 0 Å². The highest BCUT2D eigenvalue weighted by Crippen LogP contribution is 2.28. The fraction of sp³-hybridized carbons (Fsp3) is 0.444. The van der Waals surface area contributed by atoms with Crippen molar-refractivity contribution < 1.29 is 13.6 Å². The lowest BCUT2D eigenvalue weighted by atomic mass is 10.1. The van der Waals surface area contributed by atoms with Gasteiger partial charge in [-0.2, -0.15) is 0 Å². The fourth-order valence-electron chi connectivity index (χ4n) is 7.80. The molecule has 63 heavy (non-hydrogen) atoms. The van der Waals surface area contributed by atoms with Crippen molar-refractivity contribution in [3.05, 3.63) is 139 Å². The SMILES string of the molecule is [C-]#[N+]C(C#N)=C1C=C(/C=C/c2cc3ccc(N(CCCC)CCCCCCCC)cc3oc2=O)OC(/C=C/c2cc3ccc(N(CCCC)CCCCCCCC)cc3oc2=O)=C1. The topological polar surface area (TPSA) is 104 Å². The highest BCUT2D eigenvalue weighted by molar-refractivity contribution is 5.83. The predicted octanol–water partition coefficient (Wildman–Crippen LogP) is 14.1. The number of rotatable bonds is 26. The second-order valence-electron chi connectivity index (χ2n) is 16.5. The summed E-state index contributed by atoms with van der Waals surface area (Å²) in [5.41, 5.74) is 3.05. The summed E-state index contributed by atoms with van der Waals surface area (Å²) < 4.78 is 17.9. The molecular formula is C54H66N4O5. The van der Waals surface area contributed by atoms with Crippen molar-refractivity contribution in [3.8, 4) is 6.07 Å². The third-order valence-corrected chi connectivity index (χ3v) is 11.5. The van der Waals surface area contributed by atoms with Gasteiger partial charge in [-0.1, -0.05) is 105 Å². The quantitative estimate of drug-likeness (QED) is 0.0266. The molecular weight excluding hydrogens is 785 g/mol. The van der Waals surface area contributed by atoms with E-state index in [1.54, 1.807) is 48.6 Å². The van der Waals surface area contributed by atoms with Crippen molar-refractivity contribution in [1.82, 2.24) is 0 Å². The molecule has 2 aromatic heterocycles. The minimum Gasteiger partial charge on any atom is -0.457 e. The number of hydrogen-bond donors (Lipinski definition) is 0. The van der Waals surface area contributed by atoms with Crippen molar-refractivity contribution in [1.29, 1.82) is 5.26 Å². The van der Waals surface area contributed by atoms with Gasteiger partial charge < -0.3 is 23.4 Å². The van der Waals surface area contributed by atoms with E-state index in [0.29, 0.717) is 39.4 Å². The summed E-state index contributed by atoms with van der Waals surface area (Å²) >= 11 is 0. The minimum atomic E-state index is -0.490. The average molecular weight is 851 g/mol. The van der Waals surface area contributed by atoms with Crippen LogP contribution < -0.4 is 21.1 Å². The van der Waals surface area contributed by atoms with E-state index in [1.165, 1.54) is 64.2 Å². The zero-order valence-electron chi connectivity index (χ0n) is 38.1. The van der Waals surface area contributed by atoms with Gasteiger partial charge in [0.15, 0.2) is 0 Å². The summed E-state index contributed by atoms with van der Waals surface area (Å²) in [5.74, 6) is 0.595. The normalized spacial score (nSPS) is 12.7. The Kier molecular flexibility index (Phi) is 19.6. The number of hydrogen-bond acceptors (Lipinski definition) is 8. The van der Waals surface area contributed by atoms with Crippen LogP contribution in [0.2, 0.25) is 0 Å². The molecule has 0 unspecified atom stereocenters. The summed E-state index contributed by atoms with van der Waals surface area (Å²) in [6, 6.07) is 17.6. The number of nitrogens with zero attached hydrogens (tertiary/aromatic N) is 4. The van der Waals surface area contributed by atoms with Gasteiger partial charge in [0.1, 0.15) is 22.7 Å². The van der Waals surface area contributed by atoms with E-state index in [9.17, 15) is 14.9 Å². The molecule has 0 fully saturated rings. The van der Waals surface area contributed by atoms with Crippen LogP contribution in [0, 0.1) is 17.9 Å². The maximum Gasteiger partial charge on any atom is 0.343 e. The third-order valence-electron chi connectivity index (χ3n) is 11.5. The highest BCUT2D eigenvalue weighted by Gasteiger charge is 2.15. The Morgan fingerprint density at radius 3 is 1.41 bits per heavy atom. The molecule has 0 bridgehead atoms. The molecule has 9 heteroatoms. The predicted molar refractivity (Wildman–Crippen MR) is 261 cm³/mol. The van der Waals surface area contributed by atoms with Gasteiger partial charge in [0.05, 0.1) is 23.8 Å². The highest BCUT2D eigenvalue weighted by atomic mass is 16.5. The molecule has 5 rings (SSSR count). The number of benzene rings is 2. The van der Waals surface area contributed by atoms with Crippen LogP contribution in [-0.4, -0.2) is 26.2 Å². The van der Waals surface area contributed by atoms with Crippen LogP contribution in [0.3, 0.4) is 0 Å². The number of nitriles is 1. The van der Waals surface area contributed by atoms with Gasteiger partial charge in [-0.25, -0.2) is 19.7 Å². The first-order valence-corrected chi connectivity index (χ1v) is 23.5. The van der Waals surface area contributed by atoms with Gasteiger partial charge in [-0.15, -0.1) is 0 Å². The molecule has 0 radical (unpaired) electrons. The molecule has 0 saturated heterocycles. The maximum atomic E-state index is 13.3. The lowest BCUT2D eigenvalue weighted by Crippen LogP contribution is -2.25.